The molecule has 2 aliphatic rings. The van der Waals surface area contributed by atoms with Crippen molar-refractivity contribution < 1.29 is 9.47 Å². The first kappa shape index (κ1) is 20.3. The molecule has 3 nitrogen and oxygen atoms in total. The molecule has 1 aliphatic heterocycles. The van der Waals surface area contributed by atoms with E-state index in [0.29, 0.717) is 12.5 Å². The predicted octanol–water partition coefficient (Wildman–Crippen LogP) is 7.41. The molecule has 0 saturated heterocycles. The fourth-order valence-electron chi connectivity index (χ4n) is 4.66. The third kappa shape index (κ3) is 3.88. The van der Waals surface area contributed by atoms with Crippen LogP contribution in [0.25, 0.3) is 0 Å². The summed E-state index contributed by atoms with van der Waals surface area (Å²) in [6.07, 6.45) is 5.56. The van der Waals surface area contributed by atoms with Gasteiger partial charge in [0.1, 0.15) is 18.1 Å². The van der Waals surface area contributed by atoms with Gasteiger partial charge in [0.05, 0.1) is 18.8 Å². The second-order valence-electron chi connectivity index (χ2n) is 8.00. The van der Waals surface area contributed by atoms with Gasteiger partial charge in [0, 0.05) is 21.5 Å². The Kier molecular flexibility index (Phi) is 5.56. The van der Waals surface area contributed by atoms with Gasteiger partial charge >= 0.3 is 0 Å². The van der Waals surface area contributed by atoms with Crippen molar-refractivity contribution in [1.29, 1.82) is 0 Å². The second-order valence-corrected chi connectivity index (χ2v) is 8.84. The first-order chi connectivity index (χ1) is 15.1. The van der Waals surface area contributed by atoms with Gasteiger partial charge in [-0.3, -0.25) is 0 Å². The fraction of sp³-hybridized carbons (Fsp3) is 0.231. The van der Waals surface area contributed by atoms with E-state index in [0.717, 1.165) is 44.8 Å². The summed E-state index contributed by atoms with van der Waals surface area (Å²) in [5.74, 6) is 2.37. The molecule has 3 aromatic rings. The van der Waals surface area contributed by atoms with E-state index in [2.05, 4.69) is 29.6 Å². The summed E-state index contributed by atoms with van der Waals surface area (Å²) in [6, 6.07) is 20.1. The van der Waals surface area contributed by atoms with E-state index in [4.69, 9.17) is 32.7 Å². The molecule has 1 heterocycles. The highest BCUT2D eigenvalue weighted by Gasteiger charge is 2.40. The van der Waals surface area contributed by atoms with Crippen molar-refractivity contribution >= 4 is 28.9 Å². The van der Waals surface area contributed by atoms with Crippen LogP contribution in [0.3, 0.4) is 0 Å². The number of methoxy groups -OCH3 is 1. The summed E-state index contributed by atoms with van der Waals surface area (Å²) in [5.41, 5.74) is 4.45. The van der Waals surface area contributed by atoms with Crippen LogP contribution in [0.1, 0.15) is 35.1 Å². The van der Waals surface area contributed by atoms with Crippen molar-refractivity contribution in [2.75, 3.05) is 12.4 Å². The van der Waals surface area contributed by atoms with E-state index >= 15 is 0 Å². The first-order valence-electron chi connectivity index (χ1n) is 10.4. The van der Waals surface area contributed by atoms with Gasteiger partial charge in [-0.15, -0.1) is 0 Å². The Balaban J connectivity index is 1.38. The van der Waals surface area contributed by atoms with E-state index in [-0.39, 0.29) is 12.0 Å². The van der Waals surface area contributed by atoms with Crippen LogP contribution >= 0.6 is 23.2 Å². The minimum atomic E-state index is 0.171. The van der Waals surface area contributed by atoms with E-state index < -0.39 is 0 Å². The lowest BCUT2D eigenvalue weighted by Crippen LogP contribution is -2.29. The van der Waals surface area contributed by atoms with Gasteiger partial charge in [-0.1, -0.05) is 59.6 Å². The minimum Gasteiger partial charge on any atom is -0.495 e. The highest BCUT2D eigenvalue weighted by Crippen LogP contribution is 2.54. The largest absolute Gasteiger partial charge is 0.495 e. The maximum atomic E-state index is 6.59. The number of hydrogen-bond acceptors (Lipinski definition) is 3. The summed E-state index contributed by atoms with van der Waals surface area (Å²) in [5, 5.41) is 5.24. The van der Waals surface area contributed by atoms with Crippen molar-refractivity contribution in [1.82, 2.24) is 0 Å². The number of hydrogen-bond donors (Lipinski definition) is 1. The average molecular weight is 452 g/mol. The summed E-state index contributed by atoms with van der Waals surface area (Å²) in [6.45, 7) is 0.510. The van der Waals surface area contributed by atoms with E-state index in [9.17, 15) is 0 Å². The first-order valence-corrected chi connectivity index (χ1v) is 11.2. The Bertz CT molecular complexity index is 1110. The van der Waals surface area contributed by atoms with E-state index in [1.54, 1.807) is 7.11 Å². The molecule has 3 aromatic carbocycles. The van der Waals surface area contributed by atoms with Crippen LogP contribution in [0.5, 0.6) is 11.5 Å². The standard InChI is InChI=1S/C26H23Cl2NO2/c1-30-23-14-13-22(28)24-20-3-2-4-21(20)25(29-26(23)24)17-7-11-19(12-8-17)31-15-16-5-9-18(27)10-6-16/h2-3,5-14,20-21,25,29H,4,15H2,1H3/t20-,21+,25+/m1/s1. The Morgan fingerprint density at radius 2 is 1.74 bits per heavy atom. The van der Waals surface area contributed by atoms with Crippen LogP contribution in [-0.2, 0) is 6.61 Å². The predicted molar refractivity (Wildman–Crippen MR) is 127 cm³/mol. The maximum absolute atomic E-state index is 6.59. The lowest BCUT2D eigenvalue weighted by molar-refractivity contribution is 0.306. The Morgan fingerprint density at radius 1 is 0.968 bits per heavy atom. The molecule has 0 fully saturated rings. The molecule has 0 spiro atoms. The van der Waals surface area contributed by atoms with Crippen molar-refractivity contribution in [3.63, 3.8) is 0 Å². The fourth-order valence-corrected chi connectivity index (χ4v) is 5.07. The maximum Gasteiger partial charge on any atom is 0.142 e. The number of fused-ring (bicyclic) bond motifs is 3. The lowest BCUT2D eigenvalue weighted by Gasteiger charge is -2.38. The van der Waals surface area contributed by atoms with Crippen LogP contribution in [0.2, 0.25) is 10.0 Å². The number of benzene rings is 3. The number of allylic oxidation sites excluding steroid dienone is 2. The molecule has 5 heteroatoms. The molecule has 31 heavy (non-hydrogen) atoms. The van der Waals surface area contributed by atoms with E-state index in [1.807, 2.05) is 48.5 Å². The summed E-state index contributed by atoms with van der Waals surface area (Å²) >= 11 is 12.5. The SMILES string of the molecule is COc1ccc(Cl)c2c1N[C@@H](c1ccc(OCc3ccc(Cl)cc3)cc1)[C@H]1CC=C[C@@H]21. The van der Waals surface area contributed by atoms with Crippen LogP contribution in [0, 0.1) is 5.92 Å². The van der Waals surface area contributed by atoms with Gasteiger partial charge in [0.15, 0.2) is 0 Å². The smallest absolute Gasteiger partial charge is 0.142 e. The van der Waals surface area contributed by atoms with Crippen molar-refractivity contribution in [3.8, 4) is 11.5 Å². The topological polar surface area (TPSA) is 30.5 Å². The molecule has 3 atom stereocenters. The molecule has 0 aromatic heterocycles. The summed E-state index contributed by atoms with van der Waals surface area (Å²) in [4.78, 5) is 0. The summed E-state index contributed by atoms with van der Waals surface area (Å²) < 4.78 is 11.6. The van der Waals surface area contributed by atoms with Crippen molar-refractivity contribution in [2.24, 2.45) is 5.92 Å². The van der Waals surface area contributed by atoms with Crippen LogP contribution in [0.15, 0.2) is 72.8 Å². The molecule has 5 rings (SSSR count). The molecule has 1 N–H and O–H groups in total. The number of rotatable bonds is 5. The second kappa shape index (κ2) is 8.49. The van der Waals surface area contributed by atoms with Crippen LogP contribution in [-0.4, -0.2) is 7.11 Å². The number of halogens is 2. The van der Waals surface area contributed by atoms with Gasteiger partial charge < -0.3 is 14.8 Å². The van der Waals surface area contributed by atoms with Crippen LogP contribution in [0.4, 0.5) is 5.69 Å². The average Bonchev–Trinajstić information content (AvgIpc) is 3.29. The van der Waals surface area contributed by atoms with Gasteiger partial charge in [-0.2, -0.15) is 0 Å². The van der Waals surface area contributed by atoms with Crippen LogP contribution < -0.4 is 14.8 Å². The Hall–Kier alpha value is -2.62. The van der Waals surface area contributed by atoms with E-state index in [1.165, 1.54) is 5.56 Å². The zero-order valence-electron chi connectivity index (χ0n) is 17.1. The zero-order chi connectivity index (χ0) is 21.4. The molecule has 1 aliphatic carbocycles. The normalized spacial score (nSPS) is 21.2. The zero-order valence-corrected chi connectivity index (χ0v) is 18.7. The molecule has 0 saturated carbocycles. The van der Waals surface area contributed by atoms with Gasteiger partial charge in [0.25, 0.3) is 0 Å². The number of anilines is 1. The molecule has 0 amide bonds. The van der Waals surface area contributed by atoms with Gasteiger partial charge in [0.2, 0.25) is 0 Å². The molecule has 0 bridgehead atoms. The molecular formula is C26H23Cl2NO2. The molecule has 0 radical (unpaired) electrons. The summed E-state index contributed by atoms with van der Waals surface area (Å²) in [7, 11) is 1.70. The third-order valence-electron chi connectivity index (χ3n) is 6.21. The Morgan fingerprint density at radius 3 is 2.48 bits per heavy atom. The highest BCUT2D eigenvalue weighted by atomic mass is 35.5. The van der Waals surface area contributed by atoms with Crippen molar-refractivity contribution in [3.05, 3.63) is 99.6 Å². The van der Waals surface area contributed by atoms with Gasteiger partial charge in [-0.05, 0) is 59.9 Å². The monoisotopic (exact) mass is 451 g/mol. The Labute approximate surface area is 192 Å². The minimum absolute atomic E-state index is 0.171. The lowest BCUT2D eigenvalue weighted by atomic mass is 9.77. The highest BCUT2D eigenvalue weighted by molar-refractivity contribution is 6.32. The number of ether oxygens (including phenoxy) is 2. The molecular weight excluding hydrogens is 429 g/mol. The molecule has 158 valence electrons. The number of nitrogens with one attached hydrogen (secondary N) is 1. The van der Waals surface area contributed by atoms with Gasteiger partial charge in [-0.25, -0.2) is 0 Å². The molecule has 0 unspecified atom stereocenters. The third-order valence-corrected chi connectivity index (χ3v) is 6.79. The van der Waals surface area contributed by atoms with Crippen molar-refractivity contribution in [2.45, 2.75) is 25.0 Å². The quantitative estimate of drug-likeness (QED) is 0.409.